The molecule has 2 aromatic heterocycles. The molecular formula is C22H24FN5O2. The molecule has 1 aliphatic heterocycles. The molecule has 1 N–H and O–H groups in total. The first-order valence-corrected chi connectivity index (χ1v) is 9.91. The first-order chi connectivity index (χ1) is 14.5. The van der Waals surface area contributed by atoms with E-state index in [-0.39, 0.29) is 17.8 Å². The number of likely N-dealkylation sites (tertiary alicyclic amines) is 1. The number of nitrogens with one attached hydrogen (secondary N) is 1. The maximum absolute atomic E-state index is 13.1. The van der Waals surface area contributed by atoms with Crippen molar-refractivity contribution in [2.75, 3.05) is 32.1 Å². The van der Waals surface area contributed by atoms with Crippen LogP contribution in [0.2, 0.25) is 0 Å². The Kier molecular flexibility index (Phi) is 5.65. The highest BCUT2D eigenvalue weighted by Crippen LogP contribution is 2.23. The molecule has 0 spiro atoms. The molecule has 156 valence electrons. The number of amides is 1. The summed E-state index contributed by atoms with van der Waals surface area (Å²) in [6.45, 7) is 1.16. The fourth-order valence-electron chi connectivity index (χ4n) is 3.50. The Balaban J connectivity index is 1.40. The summed E-state index contributed by atoms with van der Waals surface area (Å²) in [5, 5.41) is 8.24. The molecule has 0 radical (unpaired) electrons. The summed E-state index contributed by atoms with van der Waals surface area (Å²) in [7, 11) is 3.80. The molecule has 8 heteroatoms. The predicted octanol–water partition coefficient (Wildman–Crippen LogP) is 3.36. The van der Waals surface area contributed by atoms with Gasteiger partial charge in [0.15, 0.2) is 5.82 Å². The third-order valence-corrected chi connectivity index (χ3v) is 5.13. The maximum Gasteiger partial charge on any atom is 0.270 e. The highest BCUT2D eigenvalue weighted by molar-refractivity contribution is 5.94. The fraction of sp³-hybridized carbons (Fsp3) is 0.318. The second kappa shape index (κ2) is 8.52. The van der Waals surface area contributed by atoms with Crippen LogP contribution in [0.15, 0.2) is 48.7 Å². The molecule has 1 amide bonds. The van der Waals surface area contributed by atoms with Crippen LogP contribution in [0.4, 0.5) is 10.2 Å². The van der Waals surface area contributed by atoms with Crippen molar-refractivity contribution in [1.82, 2.24) is 20.1 Å². The monoisotopic (exact) mass is 409 g/mol. The molecule has 1 aliphatic rings. The number of rotatable bonds is 5. The molecule has 4 rings (SSSR count). The lowest BCUT2D eigenvalue weighted by atomic mass is 10.1. The Hall–Kier alpha value is -3.42. The Labute approximate surface area is 174 Å². The molecule has 1 fully saturated rings. The van der Waals surface area contributed by atoms with Gasteiger partial charge in [-0.25, -0.2) is 4.39 Å². The van der Waals surface area contributed by atoms with Gasteiger partial charge in [0, 0.05) is 32.9 Å². The SMILES string of the molecule is CN(C)c1ccc(OC2CCCN(C(=O)c3cc(-c4ccc(F)cc4)c[nH]3)C2)nn1. The number of benzene rings is 1. The van der Waals surface area contributed by atoms with Crippen LogP contribution < -0.4 is 9.64 Å². The minimum atomic E-state index is -0.286. The number of H-pyrrole nitrogens is 1. The average Bonchev–Trinajstić information content (AvgIpc) is 3.24. The highest BCUT2D eigenvalue weighted by Gasteiger charge is 2.27. The van der Waals surface area contributed by atoms with E-state index in [1.54, 1.807) is 35.4 Å². The lowest BCUT2D eigenvalue weighted by Gasteiger charge is -2.32. The number of halogens is 1. The normalized spacial score (nSPS) is 16.4. The van der Waals surface area contributed by atoms with Crippen molar-refractivity contribution >= 4 is 11.7 Å². The summed E-state index contributed by atoms with van der Waals surface area (Å²) in [6, 6.07) is 11.6. The van der Waals surface area contributed by atoms with Crippen molar-refractivity contribution in [3.63, 3.8) is 0 Å². The van der Waals surface area contributed by atoms with E-state index in [0.717, 1.165) is 29.8 Å². The summed E-state index contributed by atoms with van der Waals surface area (Å²) in [5.74, 6) is 0.849. The Morgan fingerprint density at radius 3 is 2.67 bits per heavy atom. The van der Waals surface area contributed by atoms with Gasteiger partial charge in [0.2, 0.25) is 5.88 Å². The number of carbonyl (C=O) groups is 1. The van der Waals surface area contributed by atoms with Gasteiger partial charge in [0.1, 0.15) is 17.6 Å². The van der Waals surface area contributed by atoms with Gasteiger partial charge in [-0.1, -0.05) is 12.1 Å². The summed E-state index contributed by atoms with van der Waals surface area (Å²) in [6.07, 6.45) is 3.34. The van der Waals surface area contributed by atoms with Crippen LogP contribution in [0.1, 0.15) is 23.3 Å². The second-order valence-electron chi connectivity index (χ2n) is 7.57. The lowest BCUT2D eigenvalue weighted by Crippen LogP contribution is -2.44. The van der Waals surface area contributed by atoms with Crippen molar-refractivity contribution in [1.29, 1.82) is 0 Å². The zero-order valence-corrected chi connectivity index (χ0v) is 17.0. The van der Waals surface area contributed by atoms with Gasteiger partial charge < -0.3 is 19.5 Å². The summed E-state index contributed by atoms with van der Waals surface area (Å²) in [4.78, 5) is 19.7. The van der Waals surface area contributed by atoms with Crippen LogP contribution in [-0.4, -0.2) is 59.3 Å². The minimum Gasteiger partial charge on any atom is -0.471 e. The molecule has 1 atom stereocenters. The Morgan fingerprint density at radius 1 is 1.17 bits per heavy atom. The summed E-state index contributed by atoms with van der Waals surface area (Å²) < 4.78 is 19.1. The molecule has 0 aliphatic carbocycles. The number of aromatic amines is 1. The van der Waals surface area contributed by atoms with Crippen LogP contribution in [0.5, 0.6) is 5.88 Å². The van der Waals surface area contributed by atoms with E-state index in [2.05, 4.69) is 15.2 Å². The van der Waals surface area contributed by atoms with Gasteiger partial charge in [0.25, 0.3) is 5.91 Å². The maximum atomic E-state index is 13.1. The second-order valence-corrected chi connectivity index (χ2v) is 7.57. The third-order valence-electron chi connectivity index (χ3n) is 5.13. The average molecular weight is 409 g/mol. The van der Waals surface area contributed by atoms with Crippen molar-refractivity contribution in [3.8, 4) is 17.0 Å². The molecule has 3 aromatic rings. The lowest BCUT2D eigenvalue weighted by molar-refractivity contribution is 0.0521. The number of hydrogen-bond acceptors (Lipinski definition) is 5. The van der Waals surface area contributed by atoms with E-state index in [1.165, 1.54) is 12.1 Å². The largest absolute Gasteiger partial charge is 0.471 e. The molecule has 0 saturated carbocycles. The molecule has 1 unspecified atom stereocenters. The van der Waals surface area contributed by atoms with Crippen molar-refractivity contribution < 1.29 is 13.9 Å². The van der Waals surface area contributed by atoms with Gasteiger partial charge in [-0.15, -0.1) is 10.2 Å². The fourth-order valence-corrected chi connectivity index (χ4v) is 3.50. The van der Waals surface area contributed by atoms with Crippen LogP contribution in [0.3, 0.4) is 0 Å². The van der Waals surface area contributed by atoms with Crippen LogP contribution in [0.25, 0.3) is 11.1 Å². The molecule has 7 nitrogen and oxygen atoms in total. The zero-order chi connectivity index (χ0) is 21.1. The van der Waals surface area contributed by atoms with Crippen molar-refractivity contribution in [2.45, 2.75) is 18.9 Å². The standard InChI is InChI=1S/C22H24FN5O2/c1-27(2)20-9-10-21(26-25-20)30-18-4-3-11-28(14-18)22(29)19-12-16(13-24-19)15-5-7-17(23)8-6-15/h5-10,12-13,18,24H,3-4,11,14H2,1-2H3. The quantitative estimate of drug-likeness (QED) is 0.700. The first kappa shape index (κ1) is 19.9. The number of anilines is 1. The summed E-state index contributed by atoms with van der Waals surface area (Å²) >= 11 is 0. The van der Waals surface area contributed by atoms with E-state index >= 15 is 0 Å². The van der Waals surface area contributed by atoms with Crippen LogP contribution >= 0.6 is 0 Å². The van der Waals surface area contributed by atoms with Crippen LogP contribution in [0, 0.1) is 5.82 Å². The molecule has 1 saturated heterocycles. The number of ether oxygens (including phenoxy) is 1. The molecule has 1 aromatic carbocycles. The van der Waals surface area contributed by atoms with Gasteiger partial charge >= 0.3 is 0 Å². The highest BCUT2D eigenvalue weighted by atomic mass is 19.1. The smallest absolute Gasteiger partial charge is 0.270 e. The van der Waals surface area contributed by atoms with E-state index in [4.69, 9.17) is 4.74 Å². The predicted molar refractivity (Wildman–Crippen MR) is 112 cm³/mol. The third kappa shape index (κ3) is 4.42. The van der Waals surface area contributed by atoms with Gasteiger partial charge in [-0.2, -0.15) is 0 Å². The van der Waals surface area contributed by atoms with E-state index in [9.17, 15) is 9.18 Å². The van der Waals surface area contributed by atoms with Gasteiger partial charge in [-0.05, 0) is 48.2 Å². The first-order valence-electron chi connectivity index (χ1n) is 9.91. The number of piperidine rings is 1. The number of aromatic nitrogens is 3. The number of carbonyl (C=O) groups excluding carboxylic acids is 1. The van der Waals surface area contributed by atoms with Gasteiger partial charge in [-0.3, -0.25) is 4.79 Å². The van der Waals surface area contributed by atoms with Crippen LogP contribution in [-0.2, 0) is 0 Å². The Morgan fingerprint density at radius 2 is 1.97 bits per heavy atom. The molecule has 0 bridgehead atoms. The minimum absolute atomic E-state index is 0.0781. The van der Waals surface area contributed by atoms with E-state index in [0.29, 0.717) is 24.7 Å². The van der Waals surface area contributed by atoms with E-state index in [1.807, 2.05) is 25.1 Å². The Bertz CT molecular complexity index is 1000. The van der Waals surface area contributed by atoms with Crippen molar-refractivity contribution in [2.24, 2.45) is 0 Å². The summed E-state index contributed by atoms with van der Waals surface area (Å²) in [5.41, 5.74) is 2.20. The van der Waals surface area contributed by atoms with E-state index < -0.39 is 0 Å². The van der Waals surface area contributed by atoms with Crippen molar-refractivity contribution in [3.05, 3.63) is 60.2 Å². The zero-order valence-electron chi connectivity index (χ0n) is 17.0. The molecule has 30 heavy (non-hydrogen) atoms. The molecular weight excluding hydrogens is 385 g/mol. The van der Waals surface area contributed by atoms with Gasteiger partial charge in [0.05, 0.1) is 6.54 Å². The molecule has 3 heterocycles. The number of hydrogen-bond donors (Lipinski definition) is 1. The topological polar surface area (TPSA) is 74.3 Å². The number of nitrogens with zero attached hydrogens (tertiary/aromatic N) is 4.